The predicted molar refractivity (Wildman–Crippen MR) is 76.5 cm³/mol. The molecule has 0 unspecified atom stereocenters. The maximum atomic E-state index is 11.8. The highest BCUT2D eigenvalue weighted by Gasteiger charge is 2.23. The lowest BCUT2D eigenvalue weighted by molar-refractivity contribution is -0.143. The minimum atomic E-state index is -1.36. The van der Waals surface area contributed by atoms with Gasteiger partial charge in [-0.05, 0) is 31.2 Å². The van der Waals surface area contributed by atoms with Gasteiger partial charge in [-0.2, -0.15) is 0 Å². The van der Waals surface area contributed by atoms with Crippen LogP contribution in [0.2, 0.25) is 0 Å². The zero-order chi connectivity index (χ0) is 16.7. The highest BCUT2D eigenvalue weighted by molar-refractivity contribution is 5.90. The van der Waals surface area contributed by atoms with Crippen LogP contribution in [0.25, 0.3) is 0 Å². The van der Waals surface area contributed by atoms with Gasteiger partial charge in [-0.15, -0.1) is 0 Å². The molecule has 0 aliphatic carbocycles. The SMILES string of the molecule is COc1ccc(C(=O)OC[C@H](NC(=O)[C@H](C)N)C(=O)O)cc1. The summed E-state index contributed by atoms with van der Waals surface area (Å²) in [5.74, 6) is -2.10. The zero-order valence-corrected chi connectivity index (χ0v) is 12.2. The van der Waals surface area contributed by atoms with Crippen LogP contribution < -0.4 is 15.8 Å². The summed E-state index contributed by atoms with van der Waals surface area (Å²) in [6.07, 6.45) is 0. The first kappa shape index (κ1) is 17.4. The van der Waals surface area contributed by atoms with Crippen LogP contribution in [-0.2, 0) is 14.3 Å². The Labute approximate surface area is 127 Å². The topological polar surface area (TPSA) is 128 Å². The van der Waals surface area contributed by atoms with Crippen LogP contribution in [0.1, 0.15) is 17.3 Å². The van der Waals surface area contributed by atoms with Gasteiger partial charge in [0.25, 0.3) is 0 Å². The largest absolute Gasteiger partial charge is 0.497 e. The van der Waals surface area contributed by atoms with Gasteiger partial charge in [-0.25, -0.2) is 9.59 Å². The zero-order valence-electron chi connectivity index (χ0n) is 12.2. The average Bonchev–Trinajstić information content (AvgIpc) is 2.50. The number of aliphatic carboxylic acids is 1. The second-order valence-corrected chi connectivity index (χ2v) is 4.52. The minimum Gasteiger partial charge on any atom is -0.497 e. The maximum Gasteiger partial charge on any atom is 0.338 e. The number of carbonyl (C=O) groups excluding carboxylic acids is 2. The molecule has 0 saturated carbocycles. The van der Waals surface area contributed by atoms with E-state index in [0.717, 1.165) is 0 Å². The van der Waals surface area contributed by atoms with Crippen LogP contribution in [0.3, 0.4) is 0 Å². The molecule has 8 nitrogen and oxygen atoms in total. The summed E-state index contributed by atoms with van der Waals surface area (Å²) in [5, 5.41) is 11.2. The van der Waals surface area contributed by atoms with Gasteiger partial charge in [0.1, 0.15) is 12.4 Å². The maximum absolute atomic E-state index is 11.8. The number of amides is 1. The van der Waals surface area contributed by atoms with E-state index in [1.54, 1.807) is 12.1 Å². The van der Waals surface area contributed by atoms with Crippen molar-refractivity contribution in [2.24, 2.45) is 5.73 Å². The van der Waals surface area contributed by atoms with Crippen LogP contribution in [-0.4, -0.2) is 48.8 Å². The third-order valence-electron chi connectivity index (χ3n) is 2.73. The molecule has 0 spiro atoms. The molecular weight excluding hydrogens is 292 g/mol. The summed E-state index contributed by atoms with van der Waals surface area (Å²) in [6, 6.07) is 3.89. The molecule has 1 amide bonds. The van der Waals surface area contributed by atoms with Crippen molar-refractivity contribution in [2.45, 2.75) is 19.0 Å². The van der Waals surface area contributed by atoms with Gasteiger partial charge in [0.15, 0.2) is 6.04 Å². The highest BCUT2D eigenvalue weighted by Crippen LogP contribution is 2.12. The van der Waals surface area contributed by atoms with E-state index in [0.29, 0.717) is 5.75 Å². The first-order valence-corrected chi connectivity index (χ1v) is 6.45. The molecule has 0 saturated heterocycles. The van der Waals surface area contributed by atoms with Gasteiger partial charge in [0.2, 0.25) is 5.91 Å². The number of carboxylic acid groups (broad SMARTS) is 1. The number of carboxylic acids is 1. The van der Waals surface area contributed by atoms with Crippen LogP contribution in [0.4, 0.5) is 0 Å². The lowest BCUT2D eigenvalue weighted by atomic mass is 10.2. The van der Waals surface area contributed by atoms with E-state index in [2.05, 4.69) is 5.32 Å². The Hall–Kier alpha value is -2.61. The Balaban J connectivity index is 2.61. The number of hydrogen-bond donors (Lipinski definition) is 3. The standard InChI is InChI=1S/C14H18N2O6/c1-8(15)12(17)16-11(13(18)19)7-22-14(20)9-3-5-10(21-2)6-4-9/h3-6,8,11H,7,15H2,1-2H3,(H,16,17)(H,18,19)/t8-,11-/m0/s1. The quantitative estimate of drug-likeness (QED) is 0.593. The normalized spacial score (nSPS) is 12.9. The molecule has 0 bridgehead atoms. The molecule has 0 fully saturated rings. The molecule has 0 heterocycles. The molecule has 2 atom stereocenters. The molecule has 1 aromatic carbocycles. The third kappa shape index (κ3) is 5.06. The number of esters is 1. The molecule has 8 heteroatoms. The molecule has 1 aromatic rings. The summed E-state index contributed by atoms with van der Waals surface area (Å²) in [4.78, 5) is 34.2. The van der Waals surface area contributed by atoms with Crippen molar-refractivity contribution in [3.63, 3.8) is 0 Å². The number of ether oxygens (including phenoxy) is 2. The molecule has 0 aliphatic rings. The van der Waals surface area contributed by atoms with Crippen molar-refractivity contribution in [2.75, 3.05) is 13.7 Å². The molecule has 0 radical (unpaired) electrons. The van der Waals surface area contributed by atoms with E-state index in [-0.39, 0.29) is 5.56 Å². The first-order chi connectivity index (χ1) is 10.3. The molecule has 1 rings (SSSR count). The fourth-order valence-corrected chi connectivity index (χ4v) is 1.45. The van der Waals surface area contributed by atoms with E-state index in [4.69, 9.17) is 20.3 Å². The molecule has 22 heavy (non-hydrogen) atoms. The Kier molecular flexibility index (Phi) is 6.33. The number of rotatable bonds is 7. The van der Waals surface area contributed by atoms with Gasteiger partial charge in [-0.3, -0.25) is 4.79 Å². The highest BCUT2D eigenvalue weighted by atomic mass is 16.5. The Morgan fingerprint density at radius 1 is 1.27 bits per heavy atom. The number of benzene rings is 1. The van der Waals surface area contributed by atoms with Crippen molar-refractivity contribution in [3.8, 4) is 5.75 Å². The van der Waals surface area contributed by atoms with E-state index >= 15 is 0 Å². The van der Waals surface area contributed by atoms with E-state index in [9.17, 15) is 14.4 Å². The predicted octanol–water partition coefficient (Wildman–Crippen LogP) is -0.231. The molecule has 4 N–H and O–H groups in total. The van der Waals surface area contributed by atoms with Gasteiger partial charge >= 0.3 is 11.9 Å². The van der Waals surface area contributed by atoms with E-state index < -0.39 is 36.5 Å². The van der Waals surface area contributed by atoms with Crippen LogP contribution in [0.15, 0.2) is 24.3 Å². The Morgan fingerprint density at radius 3 is 2.32 bits per heavy atom. The number of nitrogens with one attached hydrogen (secondary N) is 1. The second kappa shape index (κ2) is 7.99. The van der Waals surface area contributed by atoms with Crippen LogP contribution >= 0.6 is 0 Å². The van der Waals surface area contributed by atoms with Crippen LogP contribution in [0, 0.1) is 0 Å². The summed E-state index contributed by atoms with van der Waals surface area (Å²) in [6.45, 7) is 0.913. The first-order valence-electron chi connectivity index (χ1n) is 6.45. The third-order valence-corrected chi connectivity index (χ3v) is 2.73. The van der Waals surface area contributed by atoms with Gasteiger partial charge in [0, 0.05) is 0 Å². The van der Waals surface area contributed by atoms with Gasteiger partial charge in [-0.1, -0.05) is 0 Å². The fraction of sp³-hybridized carbons (Fsp3) is 0.357. The number of hydrogen-bond acceptors (Lipinski definition) is 6. The minimum absolute atomic E-state index is 0.239. The number of nitrogens with two attached hydrogens (primary N) is 1. The molecular formula is C14H18N2O6. The van der Waals surface area contributed by atoms with Crippen molar-refractivity contribution >= 4 is 17.8 Å². The van der Waals surface area contributed by atoms with Crippen molar-refractivity contribution in [1.29, 1.82) is 0 Å². The van der Waals surface area contributed by atoms with E-state index in [1.165, 1.54) is 26.2 Å². The molecule has 0 aromatic heterocycles. The lowest BCUT2D eigenvalue weighted by Crippen LogP contribution is -2.49. The molecule has 0 aliphatic heterocycles. The van der Waals surface area contributed by atoms with E-state index in [1.807, 2.05) is 0 Å². The second-order valence-electron chi connectivity index (χ2n) is 4.52. The number of carbonyl (C=O) groups is 3. The van der Waals surface area contributed by atoms with Gasteiger partial charge < -0.3 is 25.6 Å². The fourth-order valence-electron chi connectivity index (χ4n) is 1.45. The summed E-state index contributed by atoms with van der Waals surface area (Å²) >= 11 is 0. The average molecular weight is 310 g/mol. The summed E-state index contributed by atoms with van der Waals surface area (Å²) < 4.78 is 9.85. The summed E-state index contributed by atoms with van der Waals surface area (Å²) in [7, 11) is 1.49. The summed E-state index contributed by atoms with van der Waals surface area (Å²) in [5.41, 5.74) is 5.57. The molecule has 120 valence electrons. The van der Waals surface area contributed by atoms with Crippen molar-refractivity contribution in [3.05, 3.63) is 29.8 Å². The lowest BCUT2D eigenvalue weighted by Gasteiger charge is -2.16. The Morgan fingerprint density at radius 2 is 1.86 bits per heavy atom. The van der Waals surface area contributed by atoms with Crippen molar-refractivity contribution in [1.82, 2.24) is 5.32 Å². The smallest absolute Gasteiger partial charge is 0.338 e. The number of methoxy groups -OCH3 is 1. The van der Waals surface area contributed by atoms with Gasteiger partial charge in [0.05, 0.1) is 18.7 Å². The van der Waals surface area contributed by atoms with Crippen molar-refractivity contribution < 1.29 is 29.0 Å². The monoisotopic (exact) mass is 310 g/mol. The Bertz CT molecular complexity index is 541. The van der Waals surface area contributed by atoms with Crippen LogP contribution in [0.5, 0.6) is 5.75 Å².